The third kappa shape index (κ3) is 5.08. The highest BCUT2D eigenvalue weighted by atomic mass is 35.5. The minimum absolute atomic E-state index is 0.105. The van der Waals surface area contributed by atoms with E-state index in [0.717, 1.165) is 0 Å². The maximum Gasteiger partial charge on any atom is 0.228 e. The number of carbonyl (C=O) groups is 1. The maximum absolute atomic E-state index is 13.7. The molecule has 0 saturated carbocycles. The molecule has 0 amide bonds. The van der Waals surface area contributed by atoms with Gasteiger partial charge in [0, 0.05) is 42.9 Å². The molecule has 3 atom stereocenters. The monoisotopic (exact) mass is 532 g/mol. The SMILES string of the molecule is [C-]#[N+]c1cnc2[nH]cc(C(=O)c3ccc(Oc4ccccc4)cc3Cl)c2c1NC1COC(CO)CC1OC. The first-order valence-corrected chi connectivity index (χ1v) is 12.4. The molecule has 0 aliphatic carbocycles. The summed E-state index contributed by atoms with van der Waals surface area (Å²) in [4.78, 5) is 24.7. The first kappa shape index (κ1) is 25.7. The number of nitrogens with one attached hydrogen (secondary N) is 2. The van der Waals surface area contributed by atoms with Crippen LogP contribution in [0.5, 0.6) is 11.5 Å². The van der Waals surface area contributed by atoms with Gasteiger partial charge in [-0.25, -0.2) is 9.83 Å². The van der Waals surface area contributed by atoms with Gasteiger partial charge >= 0.3 is 0 Å². The molecule has 3 unspecified atom stereocenters. The second-order valence-corrected chi connectivity index (χ2v) is 9.25. The van der Waals surface area contributed by atoms with Crippen LogP contribution in [0, 0.1) is 6.57 Å². The van der Waals surface area contributed by atoms with E-state index in [0.29, 0.717) is 40.2 Å². The number of ether oxygens (including phenoxy) is 3. The summed E-state index contributed by atoms with van der Waals surface area (Å²) in [6, 6.07) is 13.8. The van der Waals surface area contributed by atoms with Gasteiger partial charge in [0.1, 0.15) is 17.1 Å². The molecule has 2 aromatic carbocycles. The minimum Gasteiger partial charge on any atom is -0.457 e. The number of ketones is 1. The highest BCUT2D eigenvalue weighted by Gasteiger charge is 2.32. The molecule has 3 heterocycles. The topological polar surface area (TPSA) is 110 Å². The predicted octanol–water partition coefficient (Wildman–Crippen LogP) is 5.37. The van der Waals surface area contributed by atoms with Crippen molar-refractivity contribution < 1.29 is 24.1 Å². The quantitative estimate of drug-likeness (QED) is 0.207. The van der Waals surface area contributed by atoms with Gasteiger partial charge < -0.3 is 29.6 Å². The first-order chi connectivity index (χ1) is 18.5. The molecular formula is C28H25ClN4O5. The van der Waals surface area contributed by atoms with Crippen molar-refractivity contribution in [2.45, 2.75) is 24.7 Å². The van der Waals surface area contributed by atoms with E-state index in [1.165, 1.54) is 6.20 Å². The molecule has 38 heavy (non-hydrogen) atoms. The van der Waals surface area contributed by atoms with Crippen LogP contribution >= 0.6 is 11.6 Å². The van der Waals surface area contributed by atoms with Gasteiger partial charge in [-0.1, -0.05) is 29.8 Å². The number of benzene rings is 2. The number of aromatic amines is 1. The van der Waals surface area contributed by atoms with E-state index in [4.69, 9.17) is 32.4 Å². The molecule has 5 rings (SSSR count). The standard InChI is InChI=1S/C28H25ClN4O5/c1-30-22-13-32-28-25(26(22)33-23-15-37-18(14-34)11-24(23)36-2)20(12-31-28)27(35)19-9-8-17(10-21(19)29)38-16-6-4-3-5-7-16/h3-10,12-13,18,23-24,34H,11,14-15H2,2H3,(H2,31,32,33). The minimum atomic E-state index is -0.331. The van der Waals surface area contributed by atoms with Gasteiger partial charge in [-0.05, 0) is 24.3 Å². The number of para-hydroxylation sites is 1. The van der Waals surface area contributed by atoms with E-state index in [1.807, 2.05) is 30.3 Å². The second kappa shape index (κ2) is 11.2. The van der Waals surface area contributed by atoms with Crippen LogP contribution in [0.1, 0.15) is 22.3 Å². The summed E-state index contributed by atoms with van der Waals surface area (Å²) in [5, 5.41) is 13.6. The third-order valence-electron chi connectivity index (χ3n) is 6.50. The number of H-pyrrole nitrogens is 1. The van der Waals surface area contributed by atoms with Gasteiger partial charge in [-0.2, -0.15) is 0 Å². The van der Waals surface area contributed by atoms with Gasteiger partial charge in [0.25, 0.3) is 0 Å². The average Bonchev–Trinajstić information content (AvgIpc) is 3.38. The number of pyridine rings is 1. The number of aliphatic hydroxyl groups excluding tert-OH is 1. The van der Waals surface area contributed by atoms with Crippen LogP contribution in [0.25, 0.3) is 15.9 Å². The van der Waals surface area contributed by atoms with Gasteiger partial charge in [0.2, 0.25) is 5.69 Å². The van der Waals surface area contributed by atoms with Crippen molar-refractivity contribution in [1.29, 1.82) is 0 Å². The van der Waals surface area contributed by atoms with Crippen LogP contribution in [0.4, 0.5) is 11.4 Å². The summed E-state index contributed by atoms with van der Waals surface area (Å²) in [5.74, 6) is 0.821. The Morgan fingerprint density at radius 1 is 1.26 bits per heavy atom. The number of anilines is 1. The molecular weight excluding hydrogens is 508 g/mol. The van der Waals surface area contributed by atoms with Crippen molar-refractivity contribution in [1.82, 2.24) is 9.97 Å². The summed E-state index contributed by atoms with van der Waals surface area (Å²) < 4.78 is 17.2. The number of hydrogen-bond acceptors (Lipinski definition) is 7. The van der Waals surface area contributed by atoms with E-state index in [-0.39, 0.29) is 53.5 Å². The zero-order chi connectivity index (χ0) is 26.6. The highest BCUT2D eigenvalue weighted by molar-refractivity contribution is 6.36. The Morgan fingerprint density at radius 2 is 2.08 bits per heavy atom. The molecule has 4 aromatic rings. The Kier molecular flexibility index (Phi) is 7.58. The normalized spacial score (nSPS) is 19.2. The Labute approximate surface area is 224 Å². The predicted molar refractivity (Wildman–Crippen MR) is 143 cm³/mol. The number of nitrogens with zero attached hydrogens (tertiary/aromatic N) is 2. The number of fused-ring (bicyclic) bond motifs is 1. The molecule has 1 saturated heterocycles. The van der Waals surface area contributed by atoms with E-state index in [2.05, 4.69) is 20.1 Å². The molecule has 1 aliphatic rings. The molecule has 1 aliphatic heterocycles. The number of rotatable bonds is 8. The highest BCUT2D eigenvalue weighted by Crippen LogP contribution is 2.38. The zero-order valence-corrected chi connectivity index (χ0v) is 21.2. The summed E-state index contributed by atoms with van der Waals surface area (Å²) >= 11 is 6.53. The smallest absolute Gasteiger partial charge is 0.228 e. The van der Waals surface area contributed by atoms with Crippen molar-refractivity contribution in [2.75, 3.05) is 25.6 Å². The lowest BCUT2D eigenvalue weighted by Crippen LogP contribution is -2.47. The summed E-state index contributed by atoms with van der Waals surface area (Å²) in [5.41, 5.74) is 1.75. The number of methoxy groups -OCH3 is 1. The Balaban J connectivity index is 1.49. The molecule has 0 spiro atoms. The van der Waals surface area contributed by atoms with E-state index in [1.54, 1.807) is 31.5 Å². The molecule has 2 aromatic heterocycles. The lowest BCUT2D eigenvalue weighted by molar-refractivity contribution is -0.0830. The number of hydrogen-bond donors (Lipinski definition) is 3. The number of halogens is 1. The lowest BCUT2D eigenvalue weighted by atomic mass is 9.99. The second-order valence-electron chi connectivity index (χ2n) is 8.84. The zero-order valence-electron chi connectivity index (χ0n) is 20.5. The lowest BCUT2D eigenvalue weighted by Gasteiger charge is -2.36. The molecule has 194 valence electrons. The van der Waals surface area contributed by atoms with Gasteiger partial charge in [0.15, 0.2) is 5.78 Å². The summed E-state index contributed by atoms with van der Waals surface area (Å²) in [6.07, 6.45) is 2.91. The molecule has 0 radical (unpaired) electrons. The Bertz CT molecular complexity index is 1500. The van der Waals surface area contributed by atoms with Gasteiger partial charge in [-0.15, -0.1) is 0 Å². The van der Waals surface area contributed by atoms with Gasteiger partial charge in [-0.3, -0.25) is 4.79 Å². The van der Waals surface area contributed by atoms with E-state index < -0.39 is 0 Å². The van der Waals surface area contributed by atoms with Crippen LogP contribution in [0.15, 0.2) is 60.9 Å². The average molecular weight is 533 g/mol. The molecule has 0 bridgehead atoms. The fourth-order valence-corrected chi connectivity index (χ4v) is 4.81. The van der Waals surface area contributed by atoms with Crippen molar-refractivity contribution in [2.24, 2.45) is 0 Å². The van der Waals surface area contributed by atoms with Crippen molar-refractivity contribution in [3.05, 3.63) is 88.5 Å². The van der Waals surface area contributed by atoms with Crippen LogP contribution in [-0.2, 0) is 9.47 Å². The van der Waals surface area contributed by atoms with E-state index in [9.17, 15) is 9.90 Å². The number of aromatic nitrogens is 2. The third-order valence-corrected chi connectivity index (χ3v) is 6.81. The molecule has 3 N–H and O–H groups in total. The number of carbonyl (C=O) groups excluding carboxylic acids is 1. The molecule has 1 fully saturated rings. The van der Waals surface area contributed by atoms with Crippen LogP contribution < -0.4 is 10.1 Å². The first-order valence-electron chi connectivity index (χ1n) is 12.0. The van der Waals surface area contributed by atoms with E-state index >= 15 is 0 Å². The fourth-order valence-electron chi connectivity index (χ4n) is 4.55. The van der Waals surface area contributed by atoms with Crippen molar-refractivity contribution in [3.63, 3.8) is 0 Å². The number of aliphatic hydroxyl groups is 1. The Morgan fingerprint density at radius 3 is 2.79 bits per heavy atom. The Hall–Kier alpha value is -3.94. The van der Waals surface area contributed by atoms with Crippen LogP contribution in [0.2, 0.25) is 5.02 Å². The molecule has 9 nitrogen and oxygen atoms in total. The molecule has 10 heteroatoms. The van der Waals surface area contributed by atoms with Crippen LogP contribution in [0.3, 0.4) is 0 Å². The fraction of sp³-hybridized carbons (Fsp3) is 0.250. The van der Waals surface area contributed by atoms with Crippen molar-refractivity contribution in [3.8, 4) is 11.5 Å². The largest absolute Gasteiger partial charge is 0.457 e. The van der Waals surface area contributed by atoms with Gasteiger partial charge in [0.05, 0.1) is 54.3 Å². The summed E-state index contributed by atoms with van der Waals surface area (Å²) in [6.45, 7) is 7.85. The van der Waals surface area contributed by atoms with Crippen LogP contribution in [-0.4, -0.2) is 59.4 Å². The van der Waals surface area contributed by atoms with Crippen molar-refractivity contribution >= 4 is 39.8 Å². The summed E-state index contributed by atoms with van der Waals surface area (Å²) in [7, 11) is 1.59. The maximum atomic E-state index is 13.7.